The third-order valence-electron chi connectivity index (χ3n) is 5.64. The summed E-state index contributed by atoms with van der Waals surface area (Å²) in [6.07, 6.45) is 1.93. The van der Waals surface area contributed by atoms with Crippen LogP contribution in [0, 0.1) is 0 Å². The second-order valence-corrected chi connectivity index (χ2v) is 10.0. The minimum atomic E-state index is -4.28. The Morgan fingerprint density at radius 3 is 2.52 bits per heavy atom. The first-order valence-corrected chi connectivity index (χ1v) is 12.3. The minimum absolute atomic E-state index is 0.0577. The maximum absolute atomic E-state index is 13.3. The molecule has 1 aliphatic carbocycles. The van der Waals surface area contributed by atoms with Crippen molar-refractivity contribution in [1.82, 2.24) is 0 Å². The molecule has 2 aliphatic rings. The molecule has 7 nitrogen and oxygen atoms in total. The first-order chi connectivity index (χ1) is 15.8. The van der Waals surface area contributed by atoms with Crippen LogP contribution in [0.4, 0.5) is 5.69 Å². The van der Waals surface area contributed by atoms with Crippen LogP contribution in [-0.4, -0.2) is 32.7 Å². The van der Waals surface area contributed by atoms with Gasteiger partial charge in [0.25, 0.3) is 10.0 Å². The summed E-state index contributed by atoms with van der Waals surface area (Å²) >= 11 is 6.05. The van der Waals surface area contributed by atoms with E-state index in [1.807, 2.05) is 30.3 Å². The van der Waals surface area contributed by atoms with Crippen LogP contribution in [-0.2, 0) is 14.8 Å². The number of carbonyl (C=O) groups is 1. The van der Waals surface area contributed by atoms with Crippen LogP contribution in [0.25, 0.3) is 11.1 Å². The number of para-hydroxylation sites is 1. The lowest BCUT2D eigenvalue weighted by Gasteiger charge is -2.16. The average Bonchev–Trinajstić information content (AvgIpc) is 3.63. The summed E-state index contributed by atoms with van der Waals surface area (Å²) in [7, 11) is -4.28. The minimum Gasteiger partial charge on any atom is -0.505 e. The Morgan fingerprint density at radius 1 is 0.970 bits per heavy atom. The zero-order valence-electron chi connectivity index (χ0n) is 17.4. The van der Waals surface area contributed by atoms with E-state index in [-0.39, 0.29) is 29.7 Å². The number of hydrogen-bond donors (Lipinski definition) is 2. The number of nitrogens with one attached hydrogen (secondary N) is 1. The lowest BCUT2D eigenvalue weighted by atomic mass is 10.00. The number of anilines is 1. The number of sulfonamides is 1. The summed E-state index contributed by atoms with van der Waals surface area (Å²) in [5, 5.41) is 10.1. The van der Waals surface area contributed by atoms with Crippen LogP contribution in [0.1, 0.15) is 34.7 Å². The van der Waals surface area contributed by atoms with Gasteiger partial charge in [-0.05, 0) is 54.2 Å². The molecule has 9 heteroatoms. The SMILES string of the molecule is O=C1OCCOc2ccccc2-c2ccc(C3CC3)c(c2)NS(=O)(=O)c2cc1cc(Cl)c2O. The van der Waals surface area contributed by atoms with E-state index in [9.17, 15) is 18.3 Å². The third-order valence-corrected chi connectivity index (χ3v) is 7.31. The van der Waals surface area contributed by atoms with Gasteiger partial charge in [0.2, 0.25) is 0 Å². The number of hydrogen-bond acceptors (Lipinski definition) is 6. The first kappa shape index (κ1) is 21.6. The highest BCUT2D eigenvalue weighted by Crippen LogP contribution is 2.46. The number of aromatic hydroxyl groups is 1. The van der Waals surface area contributed by atoms with E-state index in [2.05, 4.69) is 4.72 Å². The van der Waals surface area contributed by atoms with Crippen molar-refractivity contribution in [2.75, 3.05) is 17.9 Å². The summed E-state index contributed by atoms with van der Waals surface area (Å²) in [5.74, 6) is -0.580. The second kappa shape index (κ2) is 8.28. The van der Waals surface area contributed by atoms with Gasteiger partial charge in [-0.3, -0.25) is 4.72 Å². The van der Waals surface area contributed by atoms with Gasteiger partial charge >= 0.3 is 5.97 Å². The molecule has 1 heterocycles. The van der Waals surface area contributed by atoms with Gasteiger partial charge in [0, 0.05) is 5.56 Å². The van der Waals surface area contributed by atoms with E-state index in [4.69, 9.17) is 21.1 Å². The molecule has 0 saturated heterocycles. The smallest absolute Gasteiger partial charge is 0.338 e. The number of cyclic esters (lactones) is 1. The van der Waals surface area contributed by atoms with Crippen LogP contribution in [0.15, 0.2) is 59.5 Å². The van der Waals surface area contributed by atoms with Gasteiger partial charge in [-0.1, -0.05) is 41.9 Å². The van der Waals surface area contributed by atoms with Crippen molar-refractivity contribution in [3.8, 4) is 22.6 Å². The molecule has 1 aliphatic heterocycles. The van der Waals surface area contributed by atoms with Crippen molar-refractivity contribution in [3.63, 3.8) is 0 Å². The predicted molar refractivity (Wildman–Crippen MR) is 124 cm³/mol. The van der Waals surface area contributed by atoms with E-state index in [1.54, 1.807) is 12.1 Å². The number of phenols is 1. The zero-order chi connectivity index (χ0) is 23.2. The third kappa shape index (κ3) is 4.24. The average molecular weight is 486 g/mol. The number of fused-ring (bicyclic) bond motifs is 6. The molecule has 0 aromatic heterocycles. The molecule has 1 fully saturated rings. The Labute approximate surface area is 196 Å². The fraction of sp³-hybridized carbons (Fsp3) is 0.208. The number of esters is 1. The molecule has 0 radical (unpaired) electrons. The second-order valence-electron chi connectivity index (χ2n) is 7.97. The summed E-state index contributed by atoms with van der Waals surface area (Å²) in [6, 6.07) is 15.2. The molecule has 0 unspecified atom stereocenters. The molecule has 5 rings (SSSR count). The Morgan fingerprint density at radius 2 is 1.73 bits per heavy atom. The molecule has 0 atom stereocenters. The van der Waals surface area contributed by atoms with E-state index >= 15 is 0 Å². The Hall–Kier alpha value is -3.23. The van der Waals surface area contributed by atoms with Gasteiger partial charge in [0.05, 0.1) is 16.3 Å². The topological polar surface area (TPSA) is 102 Å². The van der Waals surface area contributed by atoms with Gasteiger partial charge in [-0.15, -0.1) is 0 Å². The van der Waals surface area contributed by atoms with Crippen molar-refractivity contribution in [3.05, 3.63) is 70.7 Å². The normalized spacial score (nSPS) is 17.4. The van der Waals surface area contributed by atoms with Crippen LogP contribution >= 0.6 is 11.6 Å². The van der Waals surface area contributed by atoms with Gasteiger partial charge < -0.3 is 14.6 Å². The Bertz CT molecular complexity index is 1370. The summed E-state index contributed by atoms with van der Waals surface area (Å²) in [4.78, 5) is 12.0. The standard InChI is InChI=1S/C24H20ClNO6S/c25-19-11-16-13-22(23(19)27)33(29,30)26-20-12-15(7-8-17(20)14-5-6-14)18-3-1-2-4-21(18)31-9-10-32-24(16)28/h1-4,7-8,11-14,26-27H,5-6,9-10H2. The highest BCUT2D eigenvalue weighted by Gasteiger charge is 2.30. The fourth-order valence-electron chi connectivity index (χ4n) is 3.86. The van der Waals surface area contributed by atoms with E-state index in [1.165, 1.54) is 6.07 Å². The Kier molecular flexibility index (Phi) is 5.42. The zero-order valence-corrected chi connectivity index (χ0v) is 18.9. The number of halogens is 1. The van der Waals surface area contributed by atoms with Crippen molar-refractivity contribution >= 4 is 33.3 Å². The lowest BCUT2D eigenvalue weighted by molar-refractivity contribution is 0.0450. The molecule has 2 N–H and O–H groups in total. The van der Waals surface area contributed by atoms with Crippen LogP contribution < -0.4 is 9.46 Å². The number of benzene rings is 3. The lowest BCUT2D eigenvalue weighted by Crippen LogP contribution is -2.16. The maximum atomic E-state index is 13.3. The number of phenolic OH excluding ortho intramolecular Hbond substituents is 1. The van der Waals surface area contributed by atoms with Crippen LogP contribution in [0.2, 0.25) is 5.02 Å². The van der Waals surface area contributed by atoms with Crippen molar-refractivity contribution in [2.24, 2.45) is 0 Å². The molecule has 4 bridgehead atoms. The largest absolute Gasteiger partial charge is 0.505 e. The molecule has 3 aromatic carbocycles. The van der Waals surface area contributed by atoms with Gasteiger partial charge in [-0.2, -0.15) is 0 Å². The van der Waals surface area contributed by atoms with E-state index in [0.29, 0.717) is 11.4 Å². The van der Waals surface area contributed by atoms with Crippen molar-refractivity contribution in [2.45, 2.75) is 23.7 Å². The molecule has 33 heavy (non-hydrogen) atoms. The molecular formula is C24H20ClNO6S. The molecule has 170 valence electrons. The van der Waals surface area contributed by atoms with Crippen LogP contribution in [0.3, 0.4) is 0 Å². The van der Waals surface area contributed by atoms with Crippen LogP contribution in [0.5, 0.6) is 11.5 Å². The monoisotopic (exact) mass is 485 g/mol. The molecule has 3 aromatic rings. The molecular weight excluding hydrogens is 466 g/mol. The van der Waals surface area contributed by atoms with E-state index in [0.717, 1.165) is 35.6 Å². The first-order valence-electron chi connectivity index (χ1n) is 10.4. The molecule has 0 spiro atoms. The Balaban J connectivity index is 1.69. The fourth-order valence-corrected chi connectivity index (χ4v) is 5.36. The van der Waals surface area contributed by atoms with Crippen molar-refractivity contribution < 1.29 is 27.8 Å². The van der Waals surface area contributed by atoms with Gasteiger partial charge in [-0.25, -0.2) is 13.2 Å². The molecule has 1 saturated carbocycles. The quantitative estimate of drug-likeness (QED) is 0.473. The number of carbonyl (C=O) groups excluding carboxylic acids is 1. The number of ether oxygens (including phenoxy) is 2. The van der Waals surface area contributed by atoms with Crippen molar-refractivity contribution in [1.29, 1.82) is 0 Å². The maximum Gasteiger partial charge on any atom is 0.338 e. The van der Waals surface area contributed by atoms with E-state index < -0.39 is 26.6 Å². The molecule has 0 amide bonds. The summed E-state index contributed by atoms with van der Waals surface area (Å²) in [5.41, 5.74) is 2.71. The predicted octanol–water partition coefficient (Wildman–Crippen LogP) is 4.94. The highest BCUT2D eigenvalue weighted by molar-refractivity contribution is 7.92. The van der Waals surface area contributed by atoms with Gasteiger partial charge in [0.1, 0.15) is 23.9 Å². The highest BCUT2D eigenvalue weighted by atomic mass is 35.5. The van der Waals surface area contributed by atoms with Gasteiger partial charge in [0.15, 0.2) is 5.75 Å². The number of rotatable bonds is 1. The summed E-state index contributed by atoms with van der Waals surface area (Å²) in [6.45, 7) is 0.0445. The summed E-state index contributed by atoms with van der Waals surface area (Å²) < 4.78 is 40.3.